The third-order valence-corrected chi connectivity index (χ3v) is 4.04. The first-order valence-corrected chi connectivity index (χ1v) is 8.02. The molecule has 0 aliphatic rings. The van der Waals surface area contributed by atoms with Gasteiger partial charge in [-0.3, -0.25) is 14.9 Å². The summed E-state index contributed by atoms with van der Waals surface area (Å²) in [6.45, 7) is -0.628. The number of aliphatic hydroxyl groups is 1. The Bertz CT molecular complexity index is 964. The standard InChI is InChI=1S/C17H15F3N4O5/c1-22(27)11-6-7-14(12(8-11)17(18,19)20)23(16(26)15(21)25)9-10-4-2-3-5-13(10)24(28)29/h2-8,16,26H,9H2,1H3,(H-,21,25)/p+1. The number of para-hydroxylation sites is 1. The summed E-state index contributed by atoms with van der Waals surface area (Å²) in [6, 6.07) is 7.65. The van der Waals surface area contributed by atoms with E-state index in [1.807, 2.05) is 0 Å². The summed E-state index contributed by atoms with van der Waals surface area (Å²) in [5, 5.41) is 21.3. The molecule has 0 saturated carbocycles. The van der Waals surface area contributed by atoms with Gasteiger partial charge < -0.3 is 15.7 Å². The molecule has 3 N–H and O–H groups in total. The number of hydrogen-bond donors (Lipinski definition) is 2. The Morgan fingerprint density at radius 1 is 1.24 bits per heavy atom. The molecule has 0 aliphatic carbocycles. The molecule has 2 rings (SSSR count). The molecule has 0 spiro atoms. The number of carbonyl (C=O) groups is 1. The molecule has 0 radical (unpaired) electrons. The Morgan fingerprint density at radius 2 is 1.86 bits per heavy atom. The highest BCUT2D eigenvalue weighted by atomic mass is 19.4. The highest BCUT2D eigenvalue weighted by Gasteiger charge is 2.38. The predicted molar refractivity (Wildman–Crippen MR) is 95.1 cm³/mol. The van der Waals surface area contributed by atoms with Crippen LogP contribution in [0.2, 0.25) is 0 Å². The second-order valence-electron chi connectivity index (χ2n) is 5.99. The van der Waals surface area contributed by atoms with E-state index < -0.39 is 46.7 Å². The lowest BCUT2D eigenvalue weighted by Crippen LogP contribution is -2.45. The normalized spacial score (nSPS) is 12.3. The van der Waals surface area contributed by atoms with E-state index >= 15 is 0 Å². The molecule has 2 aromatic rings. The minimum atomic E-state index is -4.96. The van der Waals surface area contributed by atoms with Crippen LogP contribution in [-0.4, -0.2) is 34.0 Å². The molecule has 1 unspecified atom stereocenters. The number of carbonyl (C=O) groups excluding carboxylic acids is 1. The third kappa shape index (κ3) is 4.85. The Hall–Kier alpha value is -3.54. The van der Waals surface area contributed by atoms with Gasteiger partial charge >= 0.3 is 6.18 Å². The predicted octanol–water partition coefficient (Wildman–Crippen LogP) is 2.46. The molecule has 0 aromatic heterocycles. The van der Waals surface area contributed by atoms with E-state index in [2.05, 4.69) is 0 Å². The van der Waals surface area contributed by atoms with Crippen LogP contribution in [0.25, 0.3) is 0 Å². The van der Waals surface area contributed by atoms with Crippen molar-refractivity contribution < 1.29 is 32.8 Å². The number of anilines is 1. The van der Waals surface area contributed by atoms with E-state index in [1.165, 1.54) is 18.2 Å². The number of nitro groups is 1. The molecule has 0 fully saturated rings. The molecule has 154 valence electrons. The van der Waals surface area contributed by atoms with Gasteiger partial charge in [0.25, 0.3) is 17.3 Å². The van der Waals surface area contributed by atoms with Gasteiger partial charge in [-0.05, 0) is 6.07 Å². The lowest BCUT2D eigenvalue weighted by molar-refractivity contribution is -0.428. The molecular formula is C17H16F3N4O5+. The van der Waals surface area contributed by atoms with E-state index in [9.17, 15) is 38.1 Å². The fourth-order valence-corrected chi connectivity index (χ4v) is 2.66. The van der Waals surface area contributed by atoms with Gasteiger partial charge in [-0.1, -0.05) is 18.2 Å². The van der Waals surface area contributed by atoms with Gasteiger partial charge in [0.15, 0.2) is 7.05 Å². The maximum atomic E-state index is 13.6. The van der Waals surface area contributed by atoms with Gasteiger partial charge in [0, 0.05) is 33.4 Å². The second-order valence-corrected chi connectivity index (χ2v) is 5.99. The van der Waals surface area contributed by atoms with Crippen molar-refractivity contribution in [1.29, 1.82) is 0 Å². The lowest BCUT2D eigenvalue weighted by Gasteiger charge is -2.30. The van der Waals surface area contributed by atoms with Crippen LogP contribution in [0.15, 0.2) is 42.5 Å². The van der Waals surface area contributed by atoms with Gasteiger partial charge in [0.1, 0.15) is 0 Å². The molecule has 1 atom stereocenters. The number of nitrogens with two attached hydrogens (primary N) is 1. The number of hydrogen-bond acceptors (Lipinski definition) is 6. The Labute approximate surface area is 161 Å². The van der Waals surface area contributed by atoms with Crippen LogP contribution in [-0.2, 0) is 17.5 Å². The highest BCUT2D eigenvalue weighted by molar-refractivity contribution is 5.82. The van der Waals surface area contributed by atoms with Gasteiger partial charge in [-0.15, -0.1) is 0 Å². The fraction of sp³-hybridized carbons (Fsp3) is 0.235. The van der Waals surface area contributed by atoms with Crippen molar-refractivity contribution in [3.05, 3.63) is 68.6 Å². The van der Waals surface area contributed by atoms with Crippen molar-refractivity contribution in [2.24, 2.45) is 5.73 Å². The van der Waals surface area contributed by atoms with Gasteiger partial charge in [0.2, 0.25) is 6.23 Å². The van der Waals surface area contributed by atoms with E-state index in [-0.39, 0.29) is 16.0 Å². The van der Waals surface area contributed by atoms with Crippen LogP contribution < -0.4 is 10.6 Å². The van der Waals surface area contributed by atoms with Crippen molar-refractivity contribution in [2.45, 2.75) is 18.9 Å². The second kappa shape index (κ2) is 8.22. The molecule has 0 saturated heterocycles. The van der Waals surface area contributed by atoms with Crippen molar-refractivity contribution in [3.8, 4) is 0 Å². The molecule has 12 heteroatoms. The minimum Gasteiger partial charge on any atom is -0.366 e. The first kappa shape index (κ1) is 21.8. The maximum Gasteiger partial charge on any atom is 0.418 e. The van der Waals surface area contributed by atoms with Crippen molar-refractivity contribution >= 4 is 23.0 Å². The summed E-state index contributed by atoms with van der Waals surface area (Å²) < 4.78 is 41.0. The monoisotopic (exact) mass is 413 g/mol. The van der Waals surface area contributed by atoms with Crippen LogP contribution in [0.5, 0.6) is 0 Å². The average molecular weight is 413 g/mol. The Balaban J connectivity index is 2.67. The largest absolute Gasteiger partial charge is 0.418 e. The number of halogens is 3. The number of rotatable bonds is 7. The zero-order valence-corrected chi connectivity index (χ0v) is 15.0. The zero-order valence-electron chi connectivity index (χ0n) is 15.0. The van der Waals surface area contributed by atoms with E-state index in [0.29, 0.717) is 11.0 Å². The van der Waals surface area contributed by atoms with E-state index in [1.54, 1.807) is 0 Å². The molecule has 1 amide bonds. The molecule has 0 aliphatic heterocycles. The van der Waals surface area contributed by atoms with Gasteiger partial charge in [-0.2, -0.15) is 13.2 Å². The number of primary amides is 1. The average Bonchev–Trinajstić information content (AvgIpc) is 2.64. The van der Waals surface area contributed by atoms with Gasteiger partial charge in [0.05, 0.1) is 22.7 Å². The highest BCUT2D eigenvalue weighted by Crippen LogP contribution is 2.40. The minimum absolute atomic E-state index is 0.0593. The zero-order chi connectivity index (χ0) is 21.9. The third-order valence-electron chi connectivity index (χ3n) is 4.04. The van der Waals surface area contributed by atoms with Crippen LogP contribution in [0, 0.1) is 15.0 Å². The maximum absolute atomic E-state index is 13.6. The van der Waals surface area contributed by atoms with E-state index in [0.717, 1.165) is 25.2 Å². The van der Waals surface area contributed by atoms with E-state index in [4.69, 9.17) is 5.73 Å². The number of benzene rings is 2. The topological polar surface area (TPSA) is 130 Å². The number of nitro benzene ring substituents is 1. The van der Waals surface area contributed by atoms with Crippen molar-refractivity contribution in [1.82, 2.24) is 0 Å². The lowest BCUT2D eigenvalue weighted by atomic mass is 10.1. The summed E-state index contributed by atoms with van der Waals surface area (Å²) >= 11 is 0. The molecule has 0 heterocycles. The van der Waals surface area contributed by atoms with Crippen molar-refractivity contribution in [2.75, 3.05) is 11.9 Å². The molecule has 9 nitrogen and oxygen atoms in total. The first-order chi connectivity index (χ1) is 13.4. The Kier molecular flexibility index (Phi) is 6.17. The molecule has 29 heavy (non-hydrogen) atoms. The quantitative estimate of drug-likeness (QED) is 0.310. The SMILES string of the molecule is C[N+](=O)c1ccc(N(Cc2ccccc2[N+](=O)[O-])C(O)C(N)=O)c(C(F)(F)F)c1. The smallest absolute Gasteiger partial charge is 0.366 e. The molecule has 2 aromatic carbocycles. The summed E-state index contributed by atoms with van der Waals surface area (Å²) in [5.41, 5.74) is 2.27. The first-order valence-electron chi connectivity index (χ1n) is 8.02. The number of alkyl halides is 3. The summed E-state index contributed by atoms with van der Waals surface area (Å²) in [4.78, 5) is 34.0. The number of nitrogens with zero attached hydrogens (tertiary/aromatic N) is 3. The van der Waals surface area contributed by atoms with Crippen molar-refractivity contribution in [3.63, 3.8) is 0 Å². The molecular weight excluding hydrogens is 397 g/mol. The fourth-order valence-electron chi connectivity index (χ4n) is 2.66. The summed E-state index contributed by atoms with van der Waals surface area (Å²) in [5.74, 6) is -1.36. The van der Waals surface area contributed by atoms with Crippen LogP contribution in [0.4, 0.5) is 30.2 Å². The van der Waals surface area contributed by atoms with Crippen LogP contribution >= 0.6 is 0 Å². The van der Waals surface area contributed by atoms with Crippen LogP contribution in [0.1, 0.15) is 11.1 Å². The summed E-state index contributed by atoms with van der Waals surface area (Å²) in [6.07, 6.45) is -7.17. The van der Waals surface area contributed by atoms with Crippen LogP contribution in [0.3, 0.4) is 0 Å². The number of aliphatic hydroxyl groups excluding tert-OH is 1. The number of amides is 1. The summed E-state index contributed by atoms with van der Waals surface area (Å²) in [7, 11) is 0.999. The Morgan fingerprint density at radius 3 is 2.38 bits per heavy atom. The molecule has 0 bridgehead atoms. The van der Waals surface area contributed by atoms with Gasteiger partial charge in [-0.25, -0.2) is 0 Å². The number of nitroso groups, excluding NO2 is 1.